The molecule has 0 aromatic carbocycles. The zero-order chi connectivity index (χ0) is 21.8. The molecule has 0 radical (unpaired) electrons. The van der Waals surface area contributed by atoms with Crippen LogP contribution in [0.15, 0.2) is 48.6 Å². The van der Waals surface area contributed by atoms with E-state index in [4.69, 9.17) is 15.9 Å². The van der Waals surface area contributed by atoms with E-state index in [-0.39, 0.29) is 19.1 Å². The largest absolute Gasteiger partial charge is 0.395 e. The Morgan fingerprint density at radius 3 is 1.72 bits per heavy atom. The van der Waals surface area contributed by atoms with Crippen molar-refractivity contribution in [2.24, 2.45) is 5.73 Å². The van der Waals surface area contributed by atoms with Crippen LogP contribution >= 0.6 is 0 Å². The van der Waals surface area contributed by atoms with E-state index in [2.05, 4.69) is 60.8 Å². The second kappa shape index (κ2) is 28.5. The van der Waals surface area contributed by atoms with E-state index >= 15 is 0 Å². The first-order chi connectivity index (χ1) is 14.2. The molecule has 0 heterocycles. The lowest BCUT2D eigenvalue weighted by molar-refractivity contribution is -0.121. The molecule has 0 spiro atoms. The fourth-order valence-corrected chi connectivity index (χ4v) is 2.23. The minimum atomic E-state index is 0.00289. The summed E-state index contributed by atoms with van der Waals surface area (Å²) in [6.45, 7) is 3.06. The summed E-state index contributed by atoms with van der Waals surface area (Å²) in [5.41, 5.74) is 4.78. The maximum atomic E-state index is 11.3. The fourth-order valence-electron chi connectivity index (χ4n) is 2.23. The third-order valence-corrected chi connectivity index (χ3v) is 3.80. The predicted octanol–water partition coefficient (Wildman–Crippen LogP) is 4.18. The van der Waals surface area contributed by atoms with Crippen molar-refractivity contribution < 1.29 is 15.0 Å². The lowest BCUT2D eigenvalue weighted by atomic mass is 10.2. The Balaban J connectivity index is 0. The Morgan fingerprint density at radius 1 is 0.793 bits per heavy atom. The Hall–Kier alpha value is -1.69. The standard InChI is InChI=1S/C22H37NO2.C2H7NO/c1-2-3-4-5-6-7-8-9-10-11-12-13-14-15-16-17-18-19-22(25)23-20-21-24;3-1-2-4/h6-7,9-10,12-13,15-16,24H,2-5,8,11,14,17-21H2,1H3,(H,23,25);4H,1-3H2/b7-6-,10-9-,13-12-,16-15-;. The molecule has 0 rings (SSSR count). The Morgan fingerprint density at radius 2 is 1.28 bits per heavy atom. The number of carbonyl (C=O) groups is 1. The molecule has 0 saturated heterocycles. The quantitative estimate of drug-likeness (QED) is 0.214. The monoisotopic (exact) mass is 408 g/mol. The van der Waals surface area contributed by atoms with Crippen molar-refractivity contribution in [1.82, 2.24) is 5.32 Å². The van der Waals surface area contributed by atoms with Crippen molar-refractivity contribution in [2.45, 2.75) is 71.1 Å². The molecule has 29 heavy (non-hydrogen) atoms. The van der Waals surface area contributed by atoms with Crippen molar-refractivity contribution in [3.05, 3.63) is 48.6 Å². The van der Waals surface area contributed by atoms with E-state index in [1.807, 2.05) is 0 Å². The Labute approximate surface area is 178 Å². The lowest BCUT2D eigenvalue weighted by Crippen LogP contribution is -2.25. The van der Waals surface area contributed by atoms with Gasteiger partial charge in [-0.25, -0.2) is 0 Å². The first kappa shape index (κ1) is 29.5. The Kier molecular flexibility index (Phi) is 29.0. The van der Waals surface area contributed by atoms with Crippen molar-refractivity contribution >= 4 is 5.91 Å². The second-order valence-corrected chi connectivity index (χ2v) is 6.57. The third kappa shape index (κ3) is 31.2. The summed E-state index contributed by atoms with van der Waals surface area (Å²) in [4.78, 5) is 11.3. The molecule has 0 bridgehead atoms. The molecule has 5 heteroatoms. The zero-order valence-corrected chi connectivity index (χ0v) is 18.4. The molecular weight excluding hydrogens is 364 g/mol. The van der Waals surface area contributed by atoms with Crippen LogP contribution in [0.25, 0.3) is 0 Å². The van der Waals surface area contributed by atoms with Crippen molar-refractivity contribution in [3.63, 3.8) is 0 Å². The number of hydrogen-bond donors (Lipinski definition) is 4. The number of allylic oxidation sites excluding steroid dienone is 8. The van der Waals surface area contributed by atoms with E-state index in [1.165, 1.54) is 25.7 Å². The molecule has 0 aromatic rings. The van der Waals surface area contributed by atoms with Gasteiger partial charge in [0.15, 0.2) is 0 Å². The summed E-state index contributed by atoms with van der Waals surface area (Å²) >= 11 is 0. The Bertz CT molecular complexity index is 441. The van der Waals surface area contributed by atoms with Gasteiger partial charge in [0, 0.05) is 19.5 Å². The van der Waals surface area contributed by atoms with Gasteiger partial charge in [-0.15, -0.1) is 0 Å². The molecule has 0 aliphatic heterocycles. The predicted molar refractivity (Wildman–Crippen MR) is 125 cm³/mol. The van der Waals surface area contributed by atoms with E-state index in [1.54, 1.807) is 0 Å². The van der Waals surface area contributed by atoms with Gasteiger partial charge in [-0.3, -0.25) is 4.79 Å². The molecule has 0 aliphatic carbocycles. The smallest absolute Gasteiger partial charge is 0.220 e. The first-order valence-electron chi connectivity index (χ1n) is 11.0. The number of hydrogen-bond acceptors (Lipinski definition) is 4. The van der Waals surface area contributed by atoms with Crippen LogP contribution in [0.4, 0.5) is 0 Å². The van der Waals surface area contributed by atoms with Gasteiger partial charge >= 0.3 is 0 Å². The van der Waals surface area contributed by atoms with Gasteiger partial charge in [-0.1, -0.05) is 68.4 Å². The van der Waals surface area contributed by atoms with Crippen LogP contribution in [-0.2, 0) is 4.79 Å². The number of aliphatic hydroxyl groups is 2. The summed E-state index contributed by atoms with van der Waals surface area (Å²) in [6.07, 6.45) is 28.0. The summed E-state index contributed by atoms with van der Waals surface area (Å²) < 4.78 is 0. The molecule has 5 nitrogen and oxygen atoms in total. The highest BCUT2D eigenvalue weighted by molar-refractivity contribution is 5.75. The minimum absolute atomic E-state index is 0.00289. The van der Waals surface area contributed by atoms with Gasteiger partial charge in [-0.2, -0.15) is 0 Å². The minimum Gasteiger partial charge on any atom is -0.395 e. The van der Waals surface area contributed by atoms with Crippen molar-refractivity contribution in [3.8, 4) is 0 Å². The van der Waals surface area contributed by atoms with Crippen LogP contribution in [0, 0.1) is 0 Å². The molecule has 0 saturated carbocycles. The number of rotatable bonds is 17. The third-order valence-electron chi connectivity index (χ3n) is 3.80. The second-order valence-electron chi connectivity index (χ2n) is 6.57. The van der Waals surface area contributed by atoms with Crippen LogP contribution < -0.4 is 11.1 Å². The average Bonchev–Trinajstić information content (AvgIpc) is 2.74. The number of carbonyl (C=O) groups excluding carboxylic acids is 1. The van der Waals surface area contributed by atoms with E-state index in [0.717, 1.165) is 32.1 Å². The summed E-state index contributed by atoms with van der Waals surface area (Å²) in [5, 5.41) is 19.0. The highest BCUT2D eigenvalue weighted by Gasteiger charge is 1.97. The van der Waals surface area contributed by atoms with Crippen LogP contribution in [-0.4, -0.2) is 42.4 Å². The number of amides is 1. The van der Waals surface area contributed by atoms with Crippen molar-refractivity contribution in [2.75, 3.05) is 26.3 Å². The van der Waals surface area contributed by atoms with Crippen LogP contribution in [0.1, 0.15) is 71.1 Å². The van der Waals surface area contributed by atoms with Crippen molar-refractivity contribution in [1.29, 1.82) is 0 Å². The van der Waals surface area contributed by atoms with Gasteiger partial charge in [0.2, 0.25) is 5.91 Å². The maximum absolute atomic E-state index is 11.3. The summed E-state index contributed by atoms with van der Waals surface area (Å²) in [7, 11) is 0. The lowest BCUT2D eigenvalue weighted by Gasteiger charge is -2.00. The normalized spacial score (nSPS) is 11.6. The highest BCUT2D eigenvalue weighted by Crippen LogP contribution is 2.01. The SMILES string of the molecule is CCCCC/C=C\C/C=C\C/C=C\C/C=C\CCCC(=O)NCCO.NCCO. The molecule has 5 N–H and O–H groups in total. The number of nitrogens with two attached hydrogens (primary N) is 1. The van der Waals surface area contributed by atoms with Gasteiger partial charge in [0.05, 0.1) is 13.2 Å². The van der Waals surface area contributed by atoms with E-state index in [0.29, 0.717) is 19.5 Å². The molecule has 0 atom stereocenters. The molecule has 1 amide bonds. The van der Waals surface area contributed by atoms with Crippen LogP contribution in [0.2, 0.25) is 0 Å². The zero-order valence-electron chi connectivity index (χ0n) is 18.4. The number of nitrogens with one attached hydrogen (secondary N) is 1. The highest BCUT2D eigenvalue weighted by atomic mass is 16.3. The summed E-state index contributed by atoms with van der Waals surface area (Å²) in [6, 6.07) is 0. The van der Waals surface area contributed by atoms with Gasteiger partial charge in [-0.05, 0) is 44.9 Å². The van der Waals surface area contributed by atoms with Gasteiger partial charge in [0.25, 0.3) is 0 Å². The number of unbranched alkanes of at least 4 members (excludes halogenated alkanes) is 4. The van der Waals surface area contributed by atoms with Crippen LogP contribution in [0.5, 0.6) is 0 Å². The molecule has 0 unspecified atom stereocenters. The topological polar surface area (TPSA) is 95.6 Å². The molecular formula is C24H44N2O3. The molecule has 0 fully saturated rings. The van der Waals surface area contributed by atoms with E-state index < -0.39 is 0 Å². The van der Waals surface area contributed by atoms with Crippen LogP contribution in [0.3, 0.4) is 0 Å². The molecule has 0 aromatic heterocycles. The first-order valence-corrected chi connectivity index (χ1v) is 11.0. The summed E-state index contributed by atoms with van der Waals surface area (Å²) in [5.74, 6) is 0.0185. The fraction of sp³-hybridized carbons (Fsp3) is 0.625. The number of aliphatic hydroxyl groups excluding tert-OH is 2. The molecule has 0 aliphatic rings. The molecule has 168 valence electrons. The van der Waals surface area contributed by atoms with E-state index in [9.17, 15) is 4.79 Å². The maximum Gasteiger partial charge on any atom is 0.220 e. The van der Waals surface area contributed by atoms with Gasteiger partial charge < -0.3 is 21.3 Å². The van der Waals surface area contributed by atoms with Gasteiger partial charge in [0.1, 0.15) is 0 Å². The average molecular weight is 409 g/mol.